The molecule has 0 spiro atoms. The molecule has 0 aliphatic heterocycles. The fourth-order valence-electron chi connectivity index (χ4n) is 3.47. The summed E-state index contributed by atoms with van der Waals surface area (Å²) in [5.41, 5.74) is 7.43. The first kappa shape index (κ1) is 14.2. The van der Waals surface area contributed by atoms with Gasteiger partial charge in [-0.3, -0.25) is 0 Å². The normalized spacial score (nSPS) is 11.8. The van der Waals surface area contributed by atoms with Gasteiger partial charge in [0.25, 0.3) is 0 Å². The molecule has 122 valence electrons. The highest BCUT2D eigenvalue weighted by atomic mass is 16.4. The summed E-state index contributed by atoms with van der Waals surface area (Å²) < 4.78 is 14.3. The summed E-state index contributed by atoms with van der Waals surface area (Å²) in [6, 6.07) is 14.4. The van der Waals surface area contributed by atoms with Crippen molar-refractivity contribution in [2.45, 2.75) is 13.8 Å². The van der Waals surface area contributed by atoms with Gasteiger partial charge in [-0.05, 0) is 49.7 Å². The second-order valence-electron chi connectivity index (χ2n) is 6.53. The molecular weight excluding hydrogens is 312 g/mol. The van der Waals surface area contributed by atoms with Crippen molar-refractivity contribution in [1.29, 1.82) is 0 Å². The van der Waals surface area contributed by atoms with Crippen molar-refractivity contribution < 1.29 is 13.4 Å². The molecule has 4 heterocycles. The molecular formula is C21H17N2O2+. The summed E-state index contributed by atoms with van der Waals surface area (Å²) in [5.74, 6) is 0. The van der Waals surface area contributed by atoms with Crippen molar-refractivity contribution in [3.63, 3.8) is 0 Å². The van der Waals surface area contributed by atoms with E-state index in [9.17, 15) is 0 Å². The molecule has 0 amide bonds. The smallest absolute Gasteiger partial charge is 0.230 e. The van der Waals surface area contributed by atoms with Gasteiger partial charge >= 0.3 is 0 Å². The Morgan fingerprint density at radius 1 is 0.920 bits per heavy atom. The topological polar surface area (TPSA) is 43.0 Å². The molecule has 0 aliphatic rings. The monoisotopic (exact) mass is 329 g/mol. The van der Waals surface area contributed by atoms with Crippen LogP contribution in [0, 0.1) is 13.8 Å². The number of fused-ring (bicyclic) bond motifs is 5. The van der Waals surface area contributed by atoms with E-state index < -0.39 is 0 Å². The van der Waals surface area contributed by atoms with E-state index in [1.54, 1.807) is 0 Å². The third kappa shape index (κ3) is 2.00. The standard InChI is InChI=1S/C21H17N2O2/c1-12-10-16-18(11-15(12)17-6-4-5-9-23(17)3)24-19-14-8-7-13(2)22-21(14)25-20(16)19/h4-11H,1-3H3/q+1. The molecule has 0 saturated carbocycles. The van der Waals surface area contributed by atoms with Crippen LogP contribution in [0.5, 0.6) is 0 Å². The van der Waals surface area contributed by atoms with Crippen LogP contribution >= 0.6 is 0 Å². The van der Waals surface area contributed by atoms with Crippen LogP contribution in [-0.2, 0) is 7.05 Å². The minimum Gasteiger partial charge on any atom is -0.452 e. The molecule has 4 aromatic heterocycles. The van der Waals surface area contributed by atoms with Crippen LogP contribution in [0.2, 0.25) is 0 Å². The van der Waals surface area contributed by atoms with Gasteiger partial charge in [0, 0.05) is 17.8 Å². The van der Waals surface area contributed by atoms with E-state index >= 15 is 0 Å². The molecule has 0 fully saturated rings. The van der Waals surface area contributed by atoms with Crippen molar-refractivity contribution in [1.82, 2.24) is 4.98 Å². The quantitative estimate of drug-likeness (QED) is 0.413. The number of pyridine rings is 2. The minimum atomic E-state index is 0.631. The largest absolute Gasteiger partial charge is 0.452 e. The number of hydrogen-bond donors (Lipinski definition) is 0. The lowest BCUT2D eigenvalue weighted by atomic mass is 10.0. The zero-order valence-corrected chi connectivity index (χ0v) is 14.3. The SMILES string of the molecule is Cc1ccc2c(n1)oc1c3cc(C)c(-c4cccc[n+]4C)cc3oc21. The average Bonchev–Trinajstić information content (AvgIpc) is 3.10. The molecule has 0 saturated heterocycles. The molecule has 0 N–H and O–H groups in total. The zero-order valence-electron chi connectivity index (χ0n) is 14.3. The van der Waals surface area contributed by atoms with Gasteiger partial charge in [0.15, 0.2) is 17.4 Å². The minimum absolute atomic E-state index is 0.631. The van der Waals surface area contributed by atoms with Crippen LogP contribution in [0.1, 0.15) is 11.3 Å². The summed E-state index contributed by atoms with van der Waals surface area (Å²) in [7, 11) is 2.05. The molecule has 5 aromatic rings. The predicted octanol–water partition coefficient (Wildman–Crippen LogP) is 4.84. The van der Waals surface area contributed by atoms with E-state index in [4.69, 9.17) is 8.83 Å². The maximum absolute atomic E-state index is 6.16. The molecule has 0 aliphatic carbocycles. The van der Waals surface area contributed by atoms with Gasteiger partial charge in [-0.1, -0.05) is 0 Å². The van der Waals surface area contributed by atoms with Gasteiger partial charge in [0.2, 0.25) is 11.4 Å². The fraction of sp³-hybridized carbons (Fsp3) is 0.143. The molecule has 4 nitrogen and oxygen atoms in total. The first-order valence-electron chi connectivity index (χ1n) is 8.30. The van der Waals surface area contributed by atoms with Crippen molar-refractivity contribution in [3.8, 4) is 11.3 Å². The first-order valence-corrected chi connectivity index (χ1v) is 8.30. The number of aromatic nitrogens is 2. The molecule has 0 bridgehead atoms. The van der Waals surface area contributed by atoms with Gasteiger partial charge in [0.05, 0.1) is 16.3 Å². The lowest BCUT2D eigenvalue weighted by molar-refractivity contribution is -0.660. The first-order chi connectivity index (χ1) is 12.1. The van der Waals surface area contributed by atoms with Gasteiger partial charge in [-0.15, -0.1) is 0 Å². The van der Waals surface area contributed by atoms with Crippen LogP contribution in [0.25, 0.3) is 44.5 Å². The zero-order chi connectivity index (χ0) is 17.1. The number of aryl methyl sites for hydroxylation is 3. The lowest BCUT2D eigenvalue weighted by Crippen LogP contribution is -2.30. The molecule has 1 aromatic carbocycles. The van der Waals surface area contributed by atoms with Crippen molar-refractivity contribution in [2.75, 3.05) is 0 Å². The number of furan rings is 2. The van der Waals surface area contributed by atoms with Crippen LogP contribution in [-0.4, -0.2) is 4.98 Å². The fourth-order valence-corrected chi connectivity index (χ4v) is 3.47. The van der Waals surface area contributed by atoms with E-state index in [1.165, 1.54) is 5.56 Å². The van der Waals surface area contributed by atoms with Crippen molar-refractivity contribution >= 4 is 33.2 Å². The number of hydrogen-bond acceptors (Lipinski definition) is 3. The number of benzene rings is 1. The second kappa shape index (κ2) is 4.93. The summed E-state index contributed by atoms with van der Waals surface area (Å²) in [6.45, 7) is 4.07. The second-order valence-corrected chi connectivity index (χ2v) is 6.53. The summed E-state index contributed by atoms with van der Waals surface area (Å²) in [6.07, 6.45) is 2.05. The van der Waals surface area contributed by atoms with Gasteiger partial charge in [0.1, 0.15) is 12.6 Å². The Morgan fingerprint density at radius 2 is 1.76 bits per heavy atom. The molecule has 5 rings (SSSR count). The Kier molecular flexibility index (Phi) is 2.80. The van der Waals surface area contributed by atoms with Crippen LogP contribution in [0.4, 0.5) is 0 Å². The predicted molar refractivity (Wildman–Crippen MR) is 97.4 cm³/mol. The Hall–Kier alpha value is -3.14. The molecule has 0 radical (unpaired) electrons. The van der Waals surface area contributed by atoms with E-state index in [-0.39, 0.29) is 0 Å². The molecule has 0 unspecified atom stereocenters. The highest BCUT2D eigenvalue weighted by Crippen LogP contribution is 2.38. The average molecular weight is 329 g/mol. The molecule has 25 heavy (non-hydrogen) atoms. The Morgan fingerprint density at radius 3 is 2.60 bits per heavy atom. The molecule has 0 atom stereocenters. The van der Waals surface area contributed by atoms with E-state index in [0.29, 0.717) is 5.71 Å². The van der Waals surface area contributed by atoms with Crippen LogP contribution in [0.15, 0.2) is 57.5 Å². The van der Waals surface area contributed by atoms with E-state index in [1.807, 2.05) is 25.1 Å². The molecule has 4 heteroatoms. The lowest BCUT2D eigenvalue weighted by Gasteiger charge is -2.04. The van der Waals surface area contributed by atoms with Gasteiger partial charge < -0.3 is 8.83 Å². The Bertz CT molecular complexity index is 1280. The van der Waals surface area contributed by atoms with Gasteiger partial charge in [-0.2, -0.15) is 0 Å². The van der Waals surface area contributed by atoms with Gasteiger partial charge in [-0.25, -0.2) is 9.55 Å². The van der Waals surface area contributed by atoms with Crippen molar-refractivity contribution in [2.24, 2.45) is 7.05 Å². The highest BCUT2D eigenvalue weighted by Gasteiger charge is 2.20. The summed E-state index contributed by atoms with van der Waals surface area (Å²) in [5, 5.41) is 1.91. The van der Waals surface area contributed by atoms with Crippen LogP contribution < -0.4 is 4.57 Å². The Labute approximate surface area is 144 Å². The van der Waals surface area contributed by atoms with E-state index in [2.05, 4.69) is 54.0 Å². The third-order valence-electron chi connectivity index (χ3n) is 4.76. The van der Waals surface area contributed by atoms with Crippen LogP contribution in [0.3, 0.4) is 0 Å². The Balaban J connectivity index is 1.84. The summed E-state index contributed by atoms with van der Waals surface area (Å²) >= 11 is 0. The third-order valence-corrected chi connectivity index (χ3v) is 4.76. The summed E-state index contributed by atoms with van der Waals surface area (Å²) in [4.78, 5) is 4.46. The number of nitrogens with zero attached hydrogens (tertiary/aromatic N) is 2. The maximum Gasteiger partial charge on any atom is 0.230 e. The number of rotatable bonds is 1. The van der Waals surface area contributed by atoms with E-state index in [0.717, 1.165) is 44.5 Å². The highest BCUT2D eigenvalue weighted by molar-refractivity contribution is 6.12. The van der Waals surface area contributed by atoms with Crippen molar-refractivity contribution in [3.05, 3.63) is 59.9 Å². The maximum atomic E-state index is 6.16.